The molecule has 0 radical (unpaired) electrons. The Kier molecular flexibility index (Phi) is 4.82. The Labute approximate surface area is 140 Å². The van der Waals surface area contributed by atoms with E-state index in [0.29, 0.717) is 5.02 Å². The molecule has 0 bridgehead atoms. The standard InChI is InChI=1S/C18H21BrClN/c1-9-10(2)12(4)16(13(5)11(9)3)18(21)14-7-6-8-15(19)17(14)20/h6-8,18H,21H2,1-5H3. The lowest BCUT2D eigenvalue weighted by Crippen LogP contribution is -2.17. The van der Waals surface area contributed by atoms with E-state index in [0.717, 1.165) is 10.0 Å². The summed E-state index contributed by atoms with van der Waals surface area (Å²) in [6.07, 6.45) is 0. The van der Waals surface area contributed by atoms with Gasteiger partial charge in [0.05, 0.1) is 11.1 Å². The molecule has 0 aromatic heterocycles. The van der Waals surface area contributed by atoms with Gasteiger partial charge in [-0.05, 0) is 95.6 Å². The highest BCUT2D eigenvalue weighted by atomic mass is 79.9. The van der Waals surface area contributed by atoms with E-state index in [2.05, 4.69) is 50.5 Å². The van der Waals surface area contributed by atoms with Crippen LogP contribution in [-0.4, -0.2) is 0 Å². The molecule has 0 fully saturated rings. The summed E-state index contributed by atoms with van der Waals surface area (Å²) in [5, 5.41) is 0.694. The van der Waals surface area contributed by atoms with Gasteiger partial charge in [-0.1, -0.05) is 23.7 Å². The summed E-state index contributed by atoms with van der Waals surface area (Å²) < 4.78 is 0.882. The summed E-state index contributed by atoms with van der Waals surface area (Å²) in [4.78, 5) is 0. The lowest BCUT2D eigenvalue weighted by atomic mass is 9.84. The van der Waals surface area contributed by atoms with Crippen LogP contribution in [-0.2, 0) is 0 Å². The highest BCUT2D eigenvalue weighted by Gasteiger charge is 2.21. The second kappa shape index (κ2) is 6.12. The minimum atomic E-state index is -0.215. The van der Waals surface area contributed by atoms with Crippen molar-refractivity contribution in [1.29, 1.82) is 0 Å². The zero-order valence-corrected chi connectivity index (χ0v) is 15.5. The largest absolute Gasteiger partial charge is 0.320 e. The number of hydrogen-bond donors (Lipinski definition) is 1. The van der Waals surface area contributed by atoms with Crippen LogP contribution >= 0.6 is 27.5 Å². The number of hydrogen-bond acceptors (Lipinski definition) is 1. The highest BCUT2D eigenvalue weighted by molar-refractivity contribution is 9.10. The zero-order valence-electron chi connectivity index (χ0n) is 13.1. The van der Waals surface area contributed by atoms with E-state index >= 15 is 0 Å². The van der Waals surface area contributed by atoms with Gasteiger partial charge in [0.2, 0.25) is 0 Å². The summed E-state index contributed by atoms with van der Waals surface area (Å²) in [5.41, 5.74) is 15.2. The van der Waals surface area contributed by atoms with E-state index in [1.54, 1.807) is 0 Å². The Morgan fingerprint density at radius 3 is 1.90 bits per heavy atom. The molecule has 1 nitrogen and oxygen atoms in total. The summed E-state index contributed by atoms with van der Waals surface area (Å²) in [7, 11) is 0. The first-order chi connectivity index (χ1) is 9.77. The van der Waals surface area contributed by atoms with Gasteiger partial charge < -0.3 is 5.73 Å². The van der Waals surface area contributed by atoms with Crippen molar-refractivity contribution in [3.8, 4) is 0 Å². The quantitative estimate of drug-likeness (QED) is 0.725. The average Bonchev–Trinajstić information content (AvgIpc) is 2.46. The van der Waals surface area contributed by atoms with Crippen molar-refractivity contribution in [2.24, 2.45) is 5.73 Å². The van der Waals surface area contributed by atoms with E-state index < -0.39 is 0 Å². The lowest BCUT2D eigenvalue weighted by molar-refractivity contribution is 0.842. The van der Waals surface area contributed by atoms with Crippen LogP contribution < -0.4 is 5.73 Å². The molecule has 2 rings (SSSR count). The topological polar surface area (TPSA) is 26.0 Å². The van der Waals surface area contributed by atoms with E-state index in [9.17, 15) is 0 Å². The van der Waals surface area contributed by atoms with Gasteiger partial charge in [0.1, 0.15) is 0 Å². The third-order valence-electron chi connectivity index (χ3n) is 4.69. The minimum Gasteiger partial charge on any atom is -0.320 e. The monoisotopic (exact) mass is 365 g/mol. The Hall–Kier alpha value is -0.830. The number of benzene rings is 2. The van der Waals surface area contributed by atoms with Crippen molar-refractivity contribution >= 4 is 27.5 Å². The van der Waals surface area contributed by atoms with Gasteiger partial charge in [-0.15, -0.1) is 0 Å². The van der Waals surface area contributed by atoms with E-state index in [-0.39, 0.29) is 6.04 Å². The summed E-state index contributed by atoms with van der Waals surface area (Å²) in [6.45, 7) is 10.8. The predicted octanol–water partition coefficient (Wildman–Crippen LogP) is 5.69. The number of halogens is 2. The Morgan fingerprint density at radius 2 is 1.38 bits per heavy atom. The first-order valence-corrected chi connectivity index (χ1v) is 8.20. The number of nitrogens with two attached hydrogens (primary N) is 1. The van der Waals surface area contributed by atoms with Crippen LogP contribution in [0.4, 0.5) is 0 Å². The molecule has 0 aliphatic rings. The van der Waals surface area contributed by atoms with E-state index in [4.69, 9.17) is 17.3 Å². The van der Waals surface area contributed by atoms with Crippen molar-refractivity contribution in [2.75, 3.05) is 0 Å². The summed E-state index contributed by atoms with van der Waals surface area (Å²) in [6, 6.07) is 5.70. The second-order valence-corrected chi connectivity index (χ2v) is 6.89. The Balaban J connectivity index is 2.70. The molecule has 0 heterocycles. The van der Waals surface area contributed by atoms with Gasteiger partial charge >= 0.3 is 0 Å². The molecule has 2 N–H and O–H groups in total. The first-order valence-electron chi connectivity index (χ1n) is 7.03. The van der Waals surface area contributed by atoms with Crippen molar-refractivity contribution in [3.63, 3.8) is 0 Å². The fourth-order valence-electron chi connectivity index (χ4n) is 2.91. The molecule has 0 amide bonds. The molecule has 112 valence electrons. The highest BCUT2D eigenvalue weighted by Crippen LogP contribution is 2.36. The lowest BCUT2D eigenvalue weighted by Gasteiger charge is -2.24. The maximum atomic E-state index is 6.57. The van der Waals surface area contributed by atoms with Gasteiger partial charge in [0, 0.05) is 4.47 Å². The first kappa shape index (κ1) is 16.5. The molecule has 1 atom stereocenters. The Bertz CT molecular complexity index is 678. The van der Waals surface area contributed by atoms with Crippen LogP contribution in [0.3, 0.4) is 0 Å². The van der Waals surface area contributed by atoms with E-state index in [1.165, 1.54) is 33.4 Å². The molecule has 0 saturated carbocycles. The van der Waals surface area contributed by atoms with Crippen molar-refractivity contribution < 1.29 is 0 Å². The maximum absolute atomic E-state index is 6.57. The van der Waals surface area contributed by atoms with Crippen LogP contribution in [0.25, 0.3) is 0 Å². The van der Waals surface area contributed by atoms with Crippen LogP contribution in [0.2, 0.25) is 5.02 Å². The van der Waals surface area contributed by atoms with Crippen LogP contribution in [0, 0.1) is 34.6 Å². The third kappa shape index (κ3) is 2.77. The molecule has 2 aromatic carbocycles. The van der Waals surface area contributed by atoms with Crippen molar-refractivity contribution in [1.82, 2.24) is 0 Å². The molecule has 1 unspecified atom stereocenters. The Morgan fingerprint density at radius 1 is 0.905 bits per heavy atom. The molecule has 0 aliphatic carbocycles. The molecule has 2 aromatic rings. The molecule has 3 heteroatoms. The smallest absolute Gasteiger partial charge is 0.0599 e. The van der Waals surface area contributed by atoms with Crippen LogP contribution in [0.5, 0.6) is 0 Å². The van der Waals surface area contributed by atoms with Crippen molar-refractivity contribution in [3.05, 3.63) is 66.6 Å². The molecule has 0 saturated heterocycles. The zero-order chi connectivity index (χ0) is 15.9. The molecule has 21 heavy (non-hydrogen) atoms. The van der Waals surface area contributed by atoms with Crippen LogP contribution in [0.1, 0.15) is 45.0 Å². The van der Waals surface area contributed by atoms with Crippen LogP contribution in [0.15, 0.2) is 22.7 Å². The summed E-state index contributed by atoms with van der Waals surface area (Å²) in [5.74, 6) is 0. The average molecular weight is 367 g/mol. The summed E-state index contributed by atoms with van der Waals surface area (Å²) >= 11 is 9.90. The second-order valence-electron chi connectivity index (χ2n) is 5.66. The SMILES string of the molecule is Cc1c(C)c(C)c(C(N)c2cccc(Br)c2Cl)c(C)c1C. The molecular weight excluding hydrogens is 346 g/mol. The fraction of sp³-hybridized carbons (Fsp3) is 0.333. The number of rotatable bonds is 2. The normalized spacial score (nSPS) is 12.6. The van der Waals surface area contributed by atoms with Gasteiger partial charge in [-0.3, -0.25) is 0 Å². The predicted molar refractivity (Wildman–Crippen MR) is 95.3 cm³/mol. The molecular formula is C18H21BrClN. The van der Waals surface area contributed by atoms with Gasteiger partial charge in [-0.2, -0.15) is 0 Å². The minimum absolute atomic E-state index is 0.215. The van der Waals surface area contributed by atoms with E-state index in [1.807, 2.05) is 18.2 Å². The van der Waals surface area contributed by atoms with Gasteiger partial charge in [0.25, 0.3) is 0 Å². The fourth-order valence-corrected chi connectivity index (χ4v) is 3.54. The van der Waals surface area contributed by atoms with Gasteiger partial charge in [0.15, 0.2) is 0 Å². The maximum Gasteiger partial charge on any atom is 0.0599 e. The third-order valence-corrected chi connectivity index (χ3v) is 6.00. The molecule has 0 spiro atoms. The van der Waals surface area contributed by atoms with Crippen molar-refractivity contribution in [2.45, 2.75) is 40.7 Å². The molecule has 0 aliphatic heterocycles. The van der Waals surface area contributed by atoms with Gasteiger partial charge in [-0.25, -0.2) is 0 Å².